The van der Waals surface area contributed by atoms with Gasteiger partial charge < -0.3 is 0 Å². The molecule has 76 valence electrons. The molecule has 1 aliphatic carbocycles. The van der Waals surface area contributed by atoms with Crippen molar-refractivity contribution in [1.82, 2.24) is 0 Å². The van der Waals surface area contributed by atoms with Gasteiger partial charge in [-0.25, -0.2) is 0 Å². The fourth-order valence-corrected chi connectivity index (χ4v) is 2.84. The zero-order valence-corrected chi connectivity index (χ0v) is 9.29. The van der Waals surface area contributed by atoms with Crippen LogP contribution in [-0.4, -0.2) is 0 Å². The topological polar surface area (TPSA) is 0 Å². The van der Waals surface area contributed by atoms with E-state index in [9.17, 15) is 0 Å². The van der Waals surface area contributed by atoms with Crippen molar-refractivity contribution in [2.75, 3.05) is 0 Å². The van der Waals surface area contributed by atoms with Crippen molar-refractivity contribution < 1.29 is 0 Å². The van der Waals surface area contributed by atoms with Crippen LogP contribution in [0.4, 0.5) is 0 Å². The zero-order valence-electron chi connectivity index (χ0n) is 9.29. The van der Waals surface area contributed by atoms with Crippen molar-refractivity contribution in [1.29, 1.82) is 0 Å². The van der Waals surface area contributed by atoms with E-state index in [-0.39, 0.29) is 0 Å². The molecule has 0 heterocycles. The van der Waals surface area contributed by atoms with E-state index in [1.54, 1.807) is 11.1 Å². The Hall–Kier alpha value is -0.780. The number of hydrogen-bond acceptors (Lipinski definition) is 0. The van der Waals surface area contributed by atoms with Gasteiger partial charge in [-0.15, -0.1) is 0 Å². The zero-order chi connectivity index (χ0) is 9.97. The third kappa shape index (κ3) is 1.70. The standard InChI is InChI=1S/C14H20/c1-3-6-11(2)13-10-9-12-7-4-5-8-14(12)13/h4-5,7-8,11,13H,3,6,9-10H2,1-2H3. The van der Waals surface area contributed by atoms with Crippen LogP contribution in [0.15, 0.2) is 24.3 Å². The Kier molecular flexibility index (Phi) is 2.90. The molecule has 1 aromatic rings. The van der Waals surface area contributed by atoms with Gasteiger partial charge in [-0.1, -0.05) is 51.0 Å². The smallest absolute Gasteiger partial charge is 0.0130 e. The highest BCUT2D eigenvalue weighted by molar-refractivity contribution is 5.35. The van der Waals surface area contributed by atoms with Gasteiger partial charge >= 0.3 is 0 Å². The van der Waals surface area contributed by atoms with Crippen LogP contribution in [0.3, 0.4) is 0 Å². The fourth-order valence-electron chi connectivity index (χ4n) is 2.84. The Bertz CT molecular complexity index is 301. The predicted octanol–water partition coefficient (Wildman–Crippen LogP) is 4.15. The molecule has 0 bridgehead atoms. The molecule has 0 nitrogen and oxygen atoms in total. The summed E-state index contributed by atoms with van der Waals surface area (Å²) in [4.78, 5) is 0. The highest BCUT2D eigenvalue weighted by atomic mass is 14.3. The first-order valence-electron chi connectivity index (χ1n) is 5.90. The number of hydrogen-bond donors (Lipinski definition) is 0. The van der Waals surface area contributed by atoms with Gasteiger partial charge in [-0.3, -0.25) is 0 Å². The molecule has 0 fully saturated rings. The third-order valence-electron chi connectivity index (χ3n) is 3.61. The van der Waals surface area contributed by atoms with Crippen molar-refractivity contribution in [2.24, 2.45) is 5.92 Å². The van der Waals surface area contributed by atoms with Gasteiger partial charge in [0, 0.05) is 0 Å². The maximum Gasteiger partial charge on any atom is -0.0130 e. The molecule has 0 spiro atoms. The lowest BCUT2D eigenvalue weighted by Gasteiger charge is -2.19. The van der Waals surface area contributed by atoms with Gasteiger partial charge in [0.2, 0.25) is 0 Å². The summed E-state index contributed by atoms with van der Waals surface area (Å²) in [6.07, 6.45) is 5.37. The lowest BCUT2D eigenvalue weighted by Crippen LogP contribution is -2.06. The van der Waals surface area contributed by atoms with Crippen molar-refractivity contribution in [2.45, 2.75) is 45.4 Å². The van der Waals surface area contributed by atoms with Gasteiger partial charge in [-0.05, 0) is 35.8 Å². The minimum absolute atomic E-state index is 0.839. The van der Waals surface area contributed by atoms with E-state index >= 15 is 0 Å². The monoisotopic (exact) mass is 188 g/mol. The van der Waals surface area contributed by atoms with E-state index in [2.05, 4.69) is 38.1 Å². The van der Waals surface area contributed by atoms with E-state index in [0.717, 1.165) is 11.8 Å². The van der Waals surface area contributed by atoms with Crippen LogP contribution in [0.1, 0.15) is 50.2 Å². The van der Waals surface area contributed by atoms with E-state index < -0.39 is 0 Å². The number of fused-ring (bicyclic) bond motifs is 1. The summed E-state index contributed by atoms with van der Waals surface area (Å²) in [6, 6.07) is 8.99. The summed E-state index contributed by atoms with van der Waals surface area (Å²) >= 11 is 0. The second-order valence-electron chi connectivity index (χ2n) is 4.61. The summed E-state index contributed by atoms with van der Waals surface area (Å²) in [5.74, 6) is 1.70. The van der Waals surface area contributed by atoms with Gasteiger partial charge in [0.25, 0.3) is 0 Å². The van der Waals surface area contributed by atoms with Gasteiger partial charge in [0.05, 0.1) is 0 Å². The molecular formula is C14H20. The Balaban J connectivity index is 2.17. The van der Waals surface area contributed by atoms with E-state index in [0.29, 0.717) is 0 Å². The van der Waals surface area contributed by atoms with E-state index in [1.807, 2.05) is 0 Å². The molecule has 0 aromatic heterocycles. The van der Waals surface area contributed by atoms with Crippen molar-refractivity contribution in [3.63, 3.8) is 0 Å². The van der Waals surface area contributed by atoms with Crippen molar-refractivity contribution in [3.8, 4) is 0 Å². The fraction of sp³-hybridized carbons (Fsp3) is 0.571. The van der Waals surface area contributed by atoms with Gasteiger partial charge in [-0.2, -0.15) is 0 Å². The summed E-state index contributed by atoms with van der Waals surface area (Å²) in [6.45, 7) is 4.70. The summed E-state index contributed by atoms with van der Waals surface area (Å²) in [7, 11) is 0. The lowest BCUT2D eigenvalue weighted by atomic mass is 9.86. The van der Waals surface area contributed by atoms with Crippen LogP contribution in [0.5, 0.6) is 0 Å². The van der Waals surface area contributed by atoms with Crippen LogP contribution in [0, 0.1) is 5.92 Å². The van der Waals surface area contributed by atoms with Crippen LogP contribution in [0.2, 0.25) is 0 Å². The normalized spacial score (nSPS) is 22.0. The first kappa shape index (κ1) is 9.76. The van der Waals surface area contributed by atoms with Crippen molar-refractivity contribution >= 4 is 0 Å². The summed E-state index contributed by atoms with van der Waals surface area (Å²) < 4.78 is 0. The van der Waals surface area contributed by atoms with Crippen LogP contribution < -0.4 is 0 Å². The minimum atomic E-state index is 0.839. The van der Waals surface area contributed by atoms with Crippen molar-refractivity contribution in [3.05, 3.63) is 35.4 Å². The average molecular weight is 188 g/mol. The molecule has 14 heavy (non-hydrogen) atoms. The van der Waals surface area contributed by atoms with Gasteiger partial charge in [0.1, 0.15) is 0 Å². The highest BCUT2D eigenvalue weighted by Crippen LogP contribution is 2.39. The molecule has 0 aliphatic heterocycles. The first-order valence-corrected chi connectivity index (χ1v) is 5.90. The predicted molar refractivity (Wildman–Crippen MR) is 61.6 cm³/mol. The summed E-state index contributed by atoms with van der Waals surface area (Å²) in [5.41, 5.74) is 3.23. The molecule has 0 amide bonds. The Morgan fingerprint density at radius 2 is 2.14 bits per heavy atom. The largest absolute Gasteiger partial charge is 0.0654 e. The minimum Gasteiger partial charge on any atom is -0.0654 e. The number of benzene rings is 1. The molecule has 0 saturated heterocycles. The molecule has 2 unspecified atom stereocenters. The Morgan fingerprint density at radius 1 is 1.36 bits per heavy atom. The highest BCUT2D eigenvalue weighted by Gasteiger charge is 2.25. The number of rotatable bonds is 3. The average Bonchev–Trinajstić information content (AvgIpc) is 2.61. The molecule has 1 aromatic carbocycles. The van der Waals surface area contributed by atoms with Gasteiger partial charge in [0.15, 0.2) is 0 Å². The molecule has 2 atom stereocenters. The molecule has 0 N–H and O–H groups in total. The second-order valence-corrected chi connectivity index (χ2v) is 4.61. The van der Waals surface area contributed by atoms with Crippen LogP contribution >= 0.6 is 0 Å². The van der Waals surface area contributed by atoms with Crippen LogP contribution in [-0.2, 0) is 6.42 Å². The maximum atomic E-state index is 2.41. The molecule has 1 aliphatic rings. The summed E-state index contributed by atoms with van der Waals surface area (Å²) in [5, 5.41) is 0. The quantitative estimate of drug-likeness (QED) is 0.668. The maximum absolute atomic E-state index is 2.41. The Morgan fingerprint density at radius 3 is 2.93 bits per heavy atom. The molecule has 0 heteroatoms. The lowest BCUT2D eigenvalue weighted by molar-refractivity contribution is 0.422. The SMILES string of the molecule is CCCC(C)C1CCc2ccccc21. The first-order chi connectivity index (χ1) is 6.83. The molecule has 2 rings (SSSR count). The van der Waals surface area contributed by atoms with E-state index in [4.69, 9.17) is 0 Å². The second kappa shape index (κ2) is 4.16. The number of aryl methyl sites for hydroxylation is 1. The molecular weight excluding hydrogens is 168 g/mol. The van der Waals surface area contributed by atoms with Crippen LogP contribution in [0.25, 0.3) is 0 Å². The molecule has 0 radical (unpaired) electrons. The third-order valence-corrected chi connectivity index (χ3v) is 3.61. The Labute approximate surface area is 87.3 Å². The van der Waals surface area contributed by atoms with E-state index in [1.165, 1.54) is 25.7 Å². The molecule has 0 saturated carbocycles.